The highest BCUT2D eigenvalue weighted by Gasteiger charge is 2.20. The molecule has 0 saturated heterocycles. The molecule has 0 fully saturated rings. The number of nitrogens with one attached hydrogen (secondary N) is 1. The van der Waals surface area contributed by atoms with Gasteiger partial charge in [-0.3, -0.25) is 4.79 Å². The fourth-order valence-electron chi connectivity index (χ4n) is 2.14. The molecule has 0 radical (unpaired) electrons. The number of amides is 1. The number of fused-ring (bicyclic) bond motifs is 1. The van der Waals surface area contributed by atoms with Crippen molar-refractivity contribution in [3.63, 3.8) is 0 Å². The van der Waals surface area contributed by atoms with Gasteiger partial charge in [0.05, 0.1) is 17.7 Å². The lowest BCUT2D eigenvalue weighted by Gasteiger charge is -2.08. The maximum absolute atomic E-state index is 12.3. The van der Waals surface area contributed by atoms with E-state index in [1.54, 1.807) is 24.3 Å². The third-order valence-electron chi connectivity index (χ3n) is 3.23. The summed E-state index contributed by atoms with van der Waals surface area (Å²) in [4.78, 5) is 23.8. The Morgan fingerprint density at radius 2 is 2.00 bits per heavy atom. The van der Waals surface area contributed by atoms with Gasteiger partial charge in [0.1, 0.15) is 0 Å². The molecule has 23 heavy (non-hydrogen) atoms. The van der Waals surface area contributed by atoms with Crippen LogP contribution in [-0.2, 0) is 4.74 Å². The Bertz CT molecular complexity index is 790. The number of hydrogen-bond acceptors (Lipinski definition) is 5. The molecule has 0 spiro atoms. The molecule has 118 valence electrons. The molecule has 0 aromatic heterocycles. The Kier molecular flexibility index (Phi) is 4.08. The Labute approximate surface area is 136 Å². The van der Waals surface area contributed by atoms with Gasteiger partial charge in [-0.25, -0.2) is 4.79 Å². The van der Waals surface area contributed by atoms with Crippen molar-refractivity contribution in [3.8, 4) is 11.5 Å². The number of ether oxygens (including phenoxy) is 3. The second-order valence-corrected chi connectivity index (χ2v) is 5.13. The Morgan fingerprint density at radius 3 is 2.78 bits per heavy atom. The van der Waals surface area contributed by atoms with E-state index in [-0.39, 0.29) is 12.7 Å². The van der Waals surface area contributed by atoms with E-state index in [0.29, 0.717) is 33.3 Å². The number of esters is 1. The van der Waals surface area contributed by atoms with Gasteiger partial charge in [-0.05, 0) is 30.3 Å². The first-order valence-electron chi connectivity index (χ1n) is 6.67. The molecule has 0 aliphatic carbocycles. The second kappa shape index (κ2) is 6.18. The van der Waals surface area contributed by atoms with Crippen molar-refractivity contribution in [3.05, 3.63) is 52.5 Å². The highest BCUT2D eigenvalue weighted by molar-refractivity contribution is 6.32. The van der Waals surface area contributed by atoms with E-state index >= 15 is 0 Å². The summed E-state index contributed by atoms with van der Waals surface area (Å²) in [5, 5.41) is 2.99. The van der Waals surface area contributed by atoms with Crippen LogP contribution in [0, 0.1) is 0 Å². The van der Waals surface area contributed by atoms with Crippen LogP contribution in [0.15, 0.2) is 36.4 Å². The summed E-state index contributed by atoms with van der Waals surface area (Å²) in [6, 6.07) is 9.48. The molecule has 0 unspecified atom stereocenters. The van der Waals surface area contributed by atoms with Gasteiger partial charge in [0.2, 0.25) is 6.79 Å². The van der Waals surface area contributed by atoms with Crippen molar-refractivity contribution < 1.29 is 23.8 Å². The molecular formula is C16H12ClNO5. The summed E-state index contributed by atoms with van der Waals surface area (Å²) in [5.74, 6) is -0.0127. The van der Waals surface area contributed by atoms with E-state index in [9.17, 15) is 9.59 Å². The Balaban J connectivity index is 1.82. The molecule has 6 nitrogen and oxygen atoms in total. The van der Waals surface area contributed by atoms with Crippen LogP contribution in [0.4, 0.5) is 5.69 Å². The van der Waals surface area contributed by atoms with Crippen LogP contribution in [0.3, 0.4) is 0 Å². The molecule has 1 N–H and O–H groups in total. The van der Waals surface area contributed by atoms with Gasteiger partial charge < -0.3 is 19.5 Å². The predicted molar refractivity (Wildman–Crippen MR) is 83.3 cm³/mol. The van der Waals surface area contributed by atoms with Gasteiger partial charge in [-0.15, -0.1) is 0 Å². The van der Waals surface area contributed by atoms with Crippen molar-refractivity contribution in [1.29, 1.82) is 0 Å². The SMILES string of the molecule is COC(=O)c1cccc(NC(=O)c2cc(Cl)c3c(c2)OCO3)c1. The van der Waals surface area contributed by atoms with Crippen LogP contribution in [0.25, 0.3) is 0 Å². The molecular weight excluding hydrogens is 322 g/mol. The number of methoxy groups -OCH3 is 1. The number of rotatable bonds is 3. The van der Waals surface area contributed by atoms with E-state index in [4.69, 9.17) is 21.1 Å². The third kappa shape index (κ3) is 3.07. The molecule has 1 aliphatic heterocycles. The van der Waals surface area contributed by atoms with Gasteiger partial charge in [0.25, 0.3) is 5.91 Å². The maximum Gasteiger partial charge on any atom is 0.337 e. The highest BCUT2D eigenvalue weighted by Crippen LogP contribution is 2.39. The van der Waals surface area contributed by atoms with E-state index in [1.807, 2.05) is 0 Å². The van der Waals surface area contributed by atoms with Gasteiger partial charge in [0.15, 0.2) is 11.5 Å². The topological polar surface area (TPSA) is 73.9 Å². The molecule has 0 saturated carbocycles. The summed E-state index contributed by atoms with van der Waals surface area (Å²) in [6.07, 6.45) is 0. The van der Waals surface area contributed by atoms with E-state index in [2.05, 4.69) is 10.1 Å². The molecule has 1 amide bonds. The molecule has 7 heteroatoms. The van der Waals surface area contributed by atoms with Crippen LogP contribution in [-0.4, -0.2) is 25.8 Å². The number of halogens is 1. The lowest BCUT2D eigenvalue weighted by Crippen LogP contribution is -2.12. The quantitative estimate of drug-likeness (QED) is 0.874. The standard InChI is InChI=1S/C16H12ClNO5/c1-21-16(20)9-3-2-4-11(5-9)18-15(19)10-6-12(17)14-13(7-10)22-8-23-14/h2-7H,8H2,1H3,(H,18,19). The van der Waals surface area contributed by atoms with E-state index in [0.717, 1.165) is 0 Å². The lowest BCUT2D eigenvalue weighted by molar-refractivity contribution is 0.0600. The summed E-state index contributed by atoms with van der Waals surface area (Å²) in [7, 11) is 1.29. The minimum atomic E-state index is -0.479. The van der Waals surface area contributed by atoms with Crippen LogP contribution >= 0.6 is 11.6 Å². The van der Waals surface area contributed by atoms with Gasteiger partial charge in [0, 0.05) is 11.3 Å². The van der Waals surface area contributed by atoms with Crippen LogP contribution < -0.4 is 14.8 Å². The first-order valence-corrected chi connectivity index (χ1v) is 7.05. The van der Waals surface area contributed by atoms with Crippen molar-refractivity contribution in [2.75, 3.05) is 19.2 Å². The first kappa shape index (κ1) is 15.2. The molecule has 3 rings (SSSR count). The summed E-state index contributed by atoms with van der Waals surface area (Å²) in [6.45, 7) is 0.0707. The zero-order valence-corrected chi connectivity index (χ0v) is 12.8. The fourth-order valence-corrected chi connectivity index (χ4v) is 2.41. The van der Waals surface area contributed by atoms with Crippen LogP contribution in [0.1, 0.15) is 20.7 Å². The number of benzene rings is 2. The molecule has 0 bridgehead atoms. The Morgan fingerprint density at radius 1 is 1.17 bits per heavy atom. The molecule has 1 aliphatic rings. The average Bonchev–Trinajstić information content (AvgIpc) is 3.03. The highest BCUT2D eigenvalue weighted by atomic mass is 35.5. The van der Waals surface area contributed by atoms with E-state index in [1.165, 1.54) is 19.2 Å². The predicted octanol–water partition coefficient (Wildman–Crippen LogP) is 3.11. The van der Waals surface area contributed by atoms with Gasteiger partial charge in [-0.1, -0.05) is 17.7 Å². The van der Waals surface area contributed by atoms with Crippen molar-refractivity contribution in [2.24, 2.45) is 0 Å². The van der Waals surface area contributed by atoms with E-state index < -0.39 is 5.97 Å². The zero-order valence-electron chi connectivity index (χ0n) is 12.1. The van der Waals surface area contributed by atoms with Crippen molar-refractivity contribution >= 4 is 29.2 Å². The molecule has 2 aromatic carbocycles. The fraction of sp³-hybridized carbons (Fsp3) is 0.125. The van der Waals surface area contributed by atoms with Crippen LogP contribution in [0.2, 0.25) is 5.02 Å². The van der Waals surface area contributed by atoms with Gasteiger partial charge >= 0.3 is 5.97 Å². The number of carbonyl (C=O) groups excluding carboxylic acids is 2. The monoisotopic (exact) mass is 333 g/mol. The minimum Gasteiger partial charge on any atom is -0.465 e. The van der Waals surface area contributed by atoms with Crippen LogP contribution in [0.5, 0.6) is 11.5 Å². The summed E-state index contributed by atoms with van der Waals surface area (Å²) >= 11 is 6.06. The normalized spacial score (nSPS) is 11.9. The number of hydrogen-bond donors (Lipinski definition) is 1. The maximum atomic E-state index is 12.3. The molecule has 1 heterocycles. The summed E-state index contributed by atoms with van der Waals surface area (Å²) < 4.78 is 15.1. The third-order valence-corrected chi connectivity index (χ3v) is 3.51. The average molecular weight is 334 g/mol. The minimum absolute atomic E-state index is 0.0707. The second-order valence-electron chi connectivity index (χ2n) is 4.72. The molecule has 2 aromatic rings. The van der Waals surface area contributed by atoms with Crippen molar-refractivity contribution in [2.45, 2.75) is 0 Å². The lowest BCUT2D eigenvalue weighted by atomic mass is 10.1. The zero-order chi connectivity index (χ0) is 16.4. The molecule has 0 atom stereocenters. The number of anilines is 1. The van der Waals surface area contributed by atoms with Crippen molar-refractivity contribution in [1.82, 2.24) is 0 Å². The first-order chi connectivity index (χ1) is 11.1. The largest absolute Gasteiger partial charge is 0.465 e. The van der Waals surface area contributed by atoms with Gasteiger partial charge in [-0.2, -0.15) is 0 Å². The Hall–Kier alpha value is -2.73. The smallest absolute Gasteiger partial charge is 0.337 e. The number of carbonyl (C=O) groups is 2. The summed E-state index contributed by atoms with van der Waals surface area (Å²) in [5.41, 5.74) is 1.13.